The van der Waals surface area contributed by atoms with Crippen LogP contribution in [0.3, 0.4) is 0 Å². The molecule has 1 saturated carbocycles. The summed E-state index contributed by atoms with van der Waals surface area (Å²) in [5.74, 6) is -0.0541. The molecule has 160 valence electrons. The highest BCUT2D eigenvalue weighted by Crippen LogP contribution is 2.52. The van der Waals surface area contributed by atoms with Gasteiger partial charge in [0.25, 0.3) is 0 Å². The maximum atomic E-state index is 12.5. The molecule has 0 radical (unpaired) electrons. The third-order valence-electron chi connectivity index (χ3n) is 6.17. The molecule has 2 saturated heterocycles. The number of methoxy groups -OCH3 is 1. The number of carbonyl (C=O) groups is 1. The van der Waals surface area contributed by atoms with Crippen LogP contribution < -0.4 is 0 Å². The molecule has 2 heterocycles. The molecule has 7 heteroatoms. The summed E-state index contributed by atoms with van der Waals surface area (Å²) in [6, 6.07) is 0. The number of carbonyl (C=O) groups excluding carboxylic acids is 1. The van der Waals surface area contributed by atoms with Gasteiger partial charge in [-0.3, -0.25) is 0 Å². The summed E-state index contributed by atoms with van der Waals surface area (Å²) in [7, 11) is 1.65. The number of allylic oxidation sites excluding steroid dienone is 1. The Morgan fingerprint density at radius 3 is 2.50 bits per heavy atom. The van der Waals surface area contributed by atoms with E-state index >= 15 is 0 Å². The van der Waals surface area contributed by atoms with Crippen molar-refractivity contribution in [3.8, 4) is 0 Å². The second-order valence-corrected chi connectivity index (χ2v) is 9.54. The third kappa shape index (κ3) is 4.37. The second kappa shape index (κ2) is 7.59. The fourth-order valence-electron chi connectivity index (χ4n) is 4.70. The maximum Gasteiger partial charge on any atom is 0.410 e. The molecule has 28 heavy (non-hydrogen) atoms. The number of β-amino-alcohol motifs (C(OH)–C–C–N with tert-alkyl or cyclic N) is 1. The lowest BCUT2D eigenvalue weighted by Crippen LogP contribution is -2.63. The van der Waals surface area contributed by atoms with E-state index in [4.69, 9.17) is 18.9 Å². The van der Waals surface area contributed by atoms with E-state index in [0.717, 1.165) is 6.42 Å². The van der Waals surface area contributed by atoms with E-state index < -0.39 is 17.3 Å². The first-order valence-corrected chi connectivity index (χ1v) is 10.1. The Labute approximate surface area is 168 Å². The molecular weight excluding hydrogens is 362 g/mol. The molecule has 3 rings (SSSR count). The topological polar surface area (TPSA) is 80.8 Å². The van der Waals surface area contributed by atoms with Crippen LogP contribution in [-0.4, -0.2) is 78.5 Å². The minimum Gasteiger partial charge on any atom is -0.443 e. The Bertz CT molecular complexity index is 612. The van der Waals surface area contributed by atoms with Crippen LogP contribution in [-0.2, 0) is 18.9 Å². The Morgan fingerprint density at radius 2 is 2.00 bits per heavy atom. The minimum atomic E-state index is -0.818. The molecule has 1 unspecified atom stereocenters. The lowest BCUT2D eigenvalue weighted by atomic mass is 9.68. The number of nitrogens with zero attached hydrogens (tertiary/aromatic N) is 1. The average Bonchev–Trinajstić information content (AvgIpc) is 3.32. The molecule has 3 aliphatic rings. The van der Waals surface area contributed by atoms with Crippen LogP contribution in [0.2, 0.25) is 0 Å². The van der Waals surface area contributed by atoms with Gasteiger partial charge in [-0.15, -0.1) is 0 Å². The summed E-state index contributed by atoms with van der Waals surface area (Å²) < 4.78 is 23.8. The van der Waals surface area contributed by atoms with Crippen molar-refractivity contribution >= 4 is 6.09 Å². The van der Waals surface area contributed by atoms with Gasteiger partial charge >= 0.3 is 6.09 Å². The van der Waals surface area contributed by atoms with Gasteiger partial charge in [0.1, 0.15) is 12.2 Å². The molecule has 1 N–H and O–H groups in total. The predicted octanol–water partition coefficient (Wildman–Crippen LogP) is 2.51. The van der Waals surface area contributed by atoms with Gasteiger partial charge in [0.15, 0.2) is 0 Å². The summed E-state index contributed by atoms with van der Waals surface area (Å²) >= 11 is 0. The van der Waals surface area contributed by atoms with E-state index in [2.05, 4.69) is 19.9 Å². The SMILES string of the molecule is CO[C@H]1[C@H](C(C)(C)OCC=C(C)C)C2(CC[C@H]1OC(=O)N1CC(C)(O)C1)CO2. The van der Waals surface area contributed by atoms with E-state index in [-0.39, 0.29) is 23.7 Å². The third-order valence-corrected chi connectivity index (χ3v) is 6.17. The standard InChI is InChI=1S/C21H35NO6/c1-14(2)8-10-26-19(3,4)17-16(25-6)15(7-9-21(17)13-27-21)28-18(23)22-11-20(5,24)12-22/h8,15-17,24H,7,9-13H2,1-6H3/t15-,16-,17-,21?/m1/s1. The van der Waals surface area contributed by atoms with E-state index in [1.54, 1.807) is 14.0 Å². The van der Waals surface area contributed by atoms with Gasteiger partial charge in [0, 0.05) is 13.0 Å². The zero-order chi connectivity index (χ0) is 20.7. The number of hydrogen-bond acceptors (Lipinski definition) is 6. The number of likely N-dealkylation sites (tertiary alicyclic amines) is 1. The number of aliphatic hydroxyl groups is 1. The lowest BCUT2D eigenvalue weighted by molar-refractivity contribution is -0.177. The Balaban J connectivity index is 1.71. The highest BCUT2D eigenvalue weighted by Gasteiger charge is 2.64. The van der Waals surface area contributed by atoms with Crippen LogP contribution in [0.5, 0.6) is 0 Å². The van der Waals surface area contributed by atoms with E-state index in [1.165, 1.54) is 10.5 Å². The first kappa shape index (κ1) is 21.6. The summed E-state index contributed by atoms with van der Waals surface area (Å²) in [6.45, 7) is 11.7. The smallest absolute Gasteiger partial charge is 0.410 e. The molecule has 1 aliphatic carbocycles. The van der Waals surface area contributed by atoms with Crippen molar-refractivity contribution in [2.45, 2.75) is 76.5 Å². The van der Waals surface area contributed by atoms with Crippen LogP contribution in [0.1, 0.15) is 47.5 Å². The van der Waals surface area contributed by atoms with Crippen LogP contribution in [0.15, 0.2) is 11.6 Å². The van der Waals surface area contributed by atoms with Crippen molar-refractivity contribution in [1.29, 1.82) is 0 Å². The molecule has 0 aromatic carbocycles. The number of amides is 1. The quantitative estimate of drug-likeness (QED) is 0.548. The molecule has 4 atom stereocenters. The summed E-state index contributed by atoms with van der Waals surface area (Å²) in [4.78, 5) is 14.0. The largest absolute Gasteiger partial charge is 0.443 e. The molecule has 3 fully saturated rings. The molecule has 1 spiro atoms. The summed E-state index contributed by atoms with van der Waals surface area (Å²) in [5.41, 5.74) is -0.383. The van der Waals surface area contributed by atoms with Crippen molar-refractivity contribution < 1.29 is 28.8 Å². The second-order valence-electron chi connectivity index (χ2n) is 9.54. The first-order valence-electron chi connectivity index (χ1n) is 10.1. The molecule has 0 aromatic rings. The van der Waals surface area contributed by atoms with Gasteiger partial charge < -0.3 is 29.0 Å². The van der Waals surface area contributed by atoms with E-state index in [0.29, 0.717) is 32.7 Å². The highest BCUT2D eigenvalue weighted by molar-refractivity contribution is 5.69. The van der Waals surface area contributed by atoms with Gasteiger partial charge in [0.2, 0.25) is 0 Å². The summed E-state index contributed by atoms with van der Waals surface area (Å²) in [6.07, 6.45) is 2.48. The average molecular weight is 398 g/mol. The zero-order valence-electron chi connectivity index (χ0n) is 18.0. The van der Waals surface area contributed by atoms with Crippen LogP contribution in [0, 0.1) is 5.92 Å². The highest BCUT2D eigenvalue weighted by atomic mass is 16.6. The van der Waals surface area contributed by atoms with E-state index in [1.807, 2.05) is 13.8 Å². The fraction of sp³-hybridized carbons (Fsp3) is 0.857. The minimum absolute atomic E-state index is 0.0541. The fourth-order valence-corrected chi connectivity index (χ4v) is 4.70. The van der Waals surface area contributed by atoms with Crippen molar-refractivity contribution in [2.75, 3.05) is 33.4 Å². The van der Waals surface area contributed by atoms with Crippen molar-refractivity contribution in [2.24, 2.45) is 5.92 Å². The van der Waals surface area contributed by atoms with Gasteiger partial charge in [0.05, 0.1) is 43.1 Å². The Hall–Kier alpha value is -1.15. The number of ether oxygens (including phenoxy) is 4. The van der Waals surface area contributed by atoms with Gasteiger partial charge in [-0.1, -0.05) is 11.6 Å². The van der Waals surface area contributed by atoms with Crippen molar-refractivity contribution in [3.63, 3.8) is 0 Å². The van der Waals surface area contributed by atoms with Gasteiger partial charge in [-0.25, -0.2) is 4.79 Å². The normalized spacial score (nSPS) is 34.0. The monoisotopic (exact) mass is 397 g/mol. The molecule has 0 aromatic heterocycles. The molecular formula is C21H35NO6. The van der Waals surface area contributed by atoms with Crippen LogP contribution >= 0.6 is 0 Å². The Morgan fingerprint density at radius 1 is 1.36 bits per heavy atom. The Kier molecular flexibility index (Phi) is 5.85. The number of hydrogen-bond donors (Lipinski definition) is 1. The van der Waals surface area contributed by atoms with E-state index in [9.17, 15) is 9.90 Å². The summed E-state index contributed by atoms with van der Waals surface area (Å²) in [5, 5.41) is 9.87. The first-order chi connectivity index (χ1) is 13.0. The number of rotatable bonds is 6. The maximum absolute atomic E-state index is 12.5. The number of epoxide rings is 1. The van der Waals surface area contributed by atoms with Crippen LogP contribution in [0.25, 0.3) is 0 Å². The molecule has 1 amide bonds. The molecule has 2 aliphatic heterocycles. The van der Waals surface area contributed by atoms with Crippen molar-refractivity contribution in [3.05, 3.63) is 11.6 Å². The zero-order valence-corrected chi connectivity index (χ0v) is 18.0. The molecule has 7 nitrogen and oxygen atoms in total. The van der Waals surface area contributed by atoms with Gasteiger partial charge in [-0.2, -0.15) is 0 Å². The lowest BCUT2D eigenvalue weighted by Gasteiger charge is -2.48. The van der Waals surface area contributed by atoms with Crippen molar-refractivity contribution in [1.82, 2.24) is 4.90 Å². The van der Waals surface area contributed by atoms with Crippen LogP contribution in [0.4, 0.5) is 4.79 Å². The predicted molar refractivity (Wildman–Crippen MR) is 104 cm³/mol. The van der Waals surface area contributed by atoms with Gasteiger partial charge in [-0.05, 0) is 47.5 Å². The molecule has 0 bridgehead atoms.